The first-order valence-electron chi connectivity index (χ1n) is 11.5. The average molecular weight is 516 g/mol. The molecule has 4 rings (SSSR count). The highest BCUT2D eigenvalue weighted by Crippen LogP contribution is 2.27. The third kappa shape index (κ3) is 6.45. The Labute approximate surface area is 212 Å². The topological polar surface area (TPSA) is 120 Å². The Balaban J connectivity index is 1.49. The van der Waals surface area contributed by atoms with Gasteiger partial charge in [0.1, 0.15) is 5.82 Å². The number of methoxy groups -OCH3 is 1. The van der Waals surface area contributed by atoms with Gasteiger partial charge in [0.2, 0.25) is 0 Å². The molecule has 3 aromatic rings. The summed E-state index contributed by atoms with van der Waals surface area (Å²) in [6.07, 6.45) is 2.02. The van der Waals surface area contributed by atoms with E-state index < -0.39 is 23.8 Å². The van der Waals surface area contributed by atoms with E-state index in [1.54, 1.807) is 25.3 Å². The summed E-state index contributed by atoms with van der Waals surface area (Å²) in [4.78, 5) is 26.7. The average Bonchev–Trinajstić information content (AvgIpc) is 3.37. The Bertz CT molecular complexity index is 1190. The molecule has 1 saturated heterocycles. The van der Waals surface area contributed by atoms with E-state index in [4.69, 9.17) is 16.3 Å². The zero-order valence-corrected chi connectivity index (χ0v) is 20.4. The number of aromatic nitrogens is 3. The molecule has 2 unspecified atom stereocenters. The number of hydrogen-bond donors (Lipinski definition) is 3. The van der Waals surface area contributed by atoms with Crippen LogP contribution in [0.4, 0.5) is 4.39 Å². The largest absolute Gasteiger partial charge is 0.481 e. The van der Waals surface area contributed by atoms with Gasteiger partial charge in [-0.2, -0.15) is 15.4 Å². The number of nitrogens with one attached hydrogen (secondary N) is 2. The van der Waals surface area contributed by atoms with E-state index in [0.717, 1.165) is 5.56 Å². The van der Waals surface area contributed by atoms with Crippen molar-refractivity contribution in [1.82, 2.24) is 25.6 Å². The van der Waals surface area contributed by atoms with E-state index in [9.17, 15) is 19.1 Å². The van der Waals surface area contributed by atoms with Crippen molar-refractivity contribution in [2.45, 2.75) is 25.0 Å². The van der Waals surface area contributed by atoms with Gasteiger partial charge < -0.3 is 15.2 Å². The molecule has 0 saturated carbocycles. The predicted octanol–water partition coefficient (Wildman–Crippen LogP) is 3.03. The lowest BCUT2D eigenvalue weighted by Gasteiger charge is -2.39. The van der Waals surface area contributed by atoms with E-state index in [1.807, 2.05) is 17.0 Å². The third-order valence-corrected chi connectivity index (χ3v) is 6.55. The molecule has 1 aromatic heterocycles. The fraction of sp³-hybridized carbons (Fsp3) is 0.360. The molecule has 0 bridgehead atoms. The Kier molecular flexibility index (Phi) is 8.29. The number of aromatic amines is 1. The summed E-state index contributed by atoms with van der Waals surface area (Å²) >= 11 is 6.02. The van der Waals surface area contributed by atoms with Crippen LogP contribution in [0.5, 0.6) is 0 Å². The number of carboxylic acid groups (broad SMARTS) is 1. The Morgan fingerprint density at radius 1 is 1.28 bits per heavy atom. The van der Waals surface area contributed by atoms with Crippen LogP contribution >= 0.6 is 11.6 Å². The number of likely N-dealkylation sites (tertiary alicyclic amines) is 1. The van der Waals surface area contributed by atoms with Crippen LogP contribution in [0.2, 0.25) is 5.02 Å². The van der Waals surface area contributed by atoms with Crippen LogP contribution in [0, 0.1) is 11.7 Å². The monoisotopic (exact) mass is 515 g/mol. The molecule has 1 fully saturated rings. The number of H-pyrrole nitrogens is 1. The van der Waals surface area contributed by atoms with Crippen LogP contribution < -0.4 is 5.32 Å². The number of amides is 1. The van der Waals surface area contributed by atoms with Crippen LogP contribution in [0.15, 0.2) is 48.7 Å². The fourth-order valence-corrected chi connectivity index (χ4v) is 4.49. The SMILES string of the molecule is COC1CN(CC(CC(Cc2ccc(-c3cc(Cl)ccc3F)cc2)NC(=O)c2cn[nH]n2)C(=O)O)C1. The standard InChI is InChI=1S/C25H27ClFN5O4/c1-36-20-13-32(14-20)12-17(25(34)35)9-19(29-24(33)23-11-28-31-30-23)8-15-2-4-16(5-3-15)21-10-18(26)6-7-22(21)27/h2-7,10-11,17,19-20H,8-9,12-14H2,1H3,(H,29,33)(H,34,35)(H,28,30,31). The van der Waals surface area contributed by atoms with Crippen LogP contribution in [-0.4, -0.2) is 76.2 Å². The summed E-state index contributed by atoms with van der Waals surface area (Å²) in [7, 11) is 1.64. The van der Waals surface area contributed by atoms with Gasteiger partial charge in [0.25, 0.3) is 5.91 Å². The molecule has 2 heterocycles. The van der Waals surface area contributed by atoms with Crippen LogP contribution in [0.3, 0.4) is 0 Å². The molecule has 3 N–H and O–H groups in total. The molecule has 1 aliphatic heterocycles. The Morgan fingerprint density at radius 2 is 2.03 bits per heavy atom. The molecule has 0 radical (unpaired) electrons. The fourth-order valence-electron chi connectivity index (χ4n) is 4.32. The second-order valence-corrected chi connectivity index (χ2v) is 9.33. The zero-order chi connectivity index (χ0) is 25.7. The smallest absolute Gasteiger partial charge is 0.307 e. The van der Waals surface area contributed by atoms with Crippen molar-refractivity contribution < 1.29 is 23.8 Å². The molecule has 2 aromatic carbocycles. The maximum atomic E-state index is 14.3. The van der Waals surface area contributed by atoms with Crippen molar-refractivity contribution in [3.8, 4) is 11.1 Å². The highest BCUT2D eigenvalue weighted by Gasteiger charge is 2.32. The maximum absolute atomic E-state index is 14.3. The van der Waals surface area contributed by atoms with Gasteiger partial charge >= 0.3 is 5.97 Å². The highest BCUT2D eigenvalue weighted by molar-refractivity contribution is 6.30. The lowest BCUT2D eigenvalue weighted by molar-refractivity contribution is -0.144. The first-order valence-corrected chi connectivity index (χ1v) is 11.9. The molecule has 0 spiro atoms. The number of benzene rings is 2. The molecule has 9 nitrogen and oxygen atoms in total. The van der Waals surface area contributed by atoms with Crippen molar-refractivity contribution in [1.29, 1.82) is 0 Å². The van der Waals surface area contributed by atoms with E-state index >= 15 is 0 Å². The van der Waals surface area contributed by atoms with Crippen molar-refractivity contribution >= 4 is 23.5 Å². The lowest BCUT2D eigenvalue weighted by atomic mass is 9.92. The van der Waals surface area contributed by atoms with Gasteiger partial charge in [0, 0.05) is 43.4 Å². The first kappa shape index (κ1) is 25.7. The van der Waals surface area contributed by atoms with Gasteiger partial charge in [-0.25, -0.2) is 4.39 Å². The third-order valence-electron chi connectivity index (χ3n) is 6.31. The Morgan fingerprint density at radius 3 is 2.67 bits per heavy atom. The molecular formula is C25H27ClFN5O4. The van der Waals surface area contributed by atoms with Gasteiger partial charge in [-0.1, -0.05) is 35.9 Å². The quantitative estimate of drug-likeness (QED) is 0.359. The summed E-state index contributed by atoms with van der Waals surface area (Å²) in [5, 5.41) is 23.1. The number of hydrogen-bond acceptors (Lipinski definition) is 6. The van der Waals surface area contributed by atoms with Gasteiger partial charge in [-0.15, -0.1) is 0 Å². The van der Waals surface area contributed by atoms with Gasteiger partial charge in [-0.05, 0) is 42.2 Å². The molecule has 11 heteroatoms. The van der Waals surface area contributed by atoms with Crippen LogP contribution in [-0.2, 0) is 16.0 Å². The second-order valence-electron chi connectivity index (χ2n) is 8.90. The molecule has 1 aliphatic rings. The summed E-state index contributed by atoms with van der Waals surface area (Å²) < 4.78 is 19.5. The molecule has 36 heavy (non-hydrogen) atoms. The van der Waals surface area contributed by atoms with E-state index in [2.05, 4.69) is 20.7 Å². The summed E-state index contributed by atoms with van der Waals surface area (Å²) in [6, 6.07) is 11.1. The van der Waals surface area contributed by atoms with Crippen molar-refractivity contribution in [2.75, 3.05) is 26.7 Å². The first-order chi connectivity index (χ1) is 17.3. The molecule has 190 valence electrons. The van der Waals surface area contributed by atoms with Gasteiger partial charge in [-0.3, -0.25) is 14.5 Å². The summed E-state index contributed by atoms with van der Waals surface area (Å²) in [5.41, 5.74) is 2.03. The van der Waals surface area contributed by atoms with Crippen LogP contribution in [0.1, 0.15) is 22.5 Å². The second kappa shape index (κ2) is 11.6. The number of carbonyl (C=O) groups is 2. The number of nitrogens with zero attached hydrogens (tertiary/aromatic N) is 3. The highest BCUT2D eigenvalue weighted by atomic mass is 35.5. The zero-order valence-electron chi connectivity index (χ0n) is 19.7. The summed E-state index contributed by atoms with van der Waals surface area (Å²) in [5.74, 6) is -2.44. The number of halogens is 2. The lowest BCUT2D eigenvalue weighted by Crippen LogP contribution is -2.54. The number of carbonyl (C=O) groups excluding carboxylic acids is 1. The van der Waals surface area contributed by atoms with Crippen molar-refractivity contribution in [2.24, 2.45) is 5.92 Å². The van der Waals surface area contributed by atoms with Gasteiger partial charge in [0.05, 0.1) is 18.2 Å². The number of rotatable bonds is 11. The minimum absolute atomic E-state index is 0.115. The van der Waals surface area contributed by atoms with Crippen molar-refractivity contribution in [3.05, 3.63) is 70.8 Å². The molecule has 0 aliphatic carbocycles. The van der Waals surface area contributed by atoms with Gasteiger partial charge in [0.15, 0.2) is 5.69 Å². The maximum Gasteiger partial charge on any atom is 0.307 e. The van der Waals surface area contributed by atoms with Crippen molar-refractivity contribution in [3.63, 3.8) is 0 Å². The molecule has 1 amide bonds. The van der Waals surface area contributed by atoms with E-state index in [0.29, 0.717) is 42.2 Å². The van der Waals surface area contributed by atoms with Crippen LogP contribution in [0.25, 0.3) is 11.1 Å². The minimum Gasteiger partial charge on any atom is -0.481 e. The number of aliphatic carboxylic acids is 1. The Hall–Kier alpha value is -3.34. The molecular weight excluding hydrogens is 489 g/mol. The number of carboxylic acids is 1. The van der Waals surface area contributed by atoms with E-state index in [1.165, 1.54) is 18.3 Å². The van der Waals surface area contributed by atoms with E-state index in [-0.39, 0.29) is 24.0 Å². The molecule has 2 atom stereocenters. The normalized spacial score (nSPS) is 15.8. The predicted molar refractivity (Wildman–Crippen MR) is 131 cm³/mol. The summed E-state index contributed by atoms with van der Waals surface area (Å²) in [6.45, 7) is 1.72. The number of ether oxygens (including phenoxy) is 1. The minimum atomic E-state index is -0.927.